The van der Waals surface area contributed by atoms with Gasteiger partial charge in [0.2, 0.25) is 0 Å². The van der Waals surface area contributed by atoms with E-state index in [0.29, 0.717) is 5.56 Å². The molecular formula is C43H41F3O. The lowest BCUT2D eigenvalue weighted by molar-refractivity contribution is -0.137. The Labute approximate surface area is 276 Å². The van der Waals surface area contributed by atoms with E-state index in [0.717, 1.165) is 49.9 Å². The summed E-state index contributed by atoms with van der Waals surface area (Å²) in [7, 11) is 0. The number of hydrogen-bond donors (Lipinski definition) is 0. The van der Waals surface area contributed by atoms with Crippen LogP contribution in [0.15, 0.2) is 97.1 Å². The number of benzene rings is 5. The van der Waals surface area contributed by atoms with Crippen LogP contribution in [0.4, 0.5) is 13.2 Å². The molecule has 0 spiro atoms. The van der Waals surface area contributed by atoms with Crippen LogP contribution in [-0.2, 0) is 28.0 Å². The summed E-state index contributed by atoms with van der Waals surface area (Å²) in [6.07, 6.45) is -0.129. The highest BCUT2D eigenvalue weighted by Crippen LogP contribution is 2.58. The summed E-state index contributed by atoms with van der Waals surface area (Å²) in [5.41, 5.74) is 6.69. The second-order valence-corrected chi connectivity index (χ2v) is 15.7. The van der Waals surface area contributed by atoms with Crippen LogP contribution < -0.4 is 4.74 Å². The first-order valence-electron chi connectivity index (χ1n) is 16.3. The average Bonchev–Trinajstić information content (AvgIpc) is 3.26. The molecule has 0 fully saturated rings. The molecule has 1 nitrogen and oxygen atoms in total. The van der Waals surface area contributed by atoms with Crippen molar-refractivity contribution in [2.75, 3.05) is 0 Å². The van der Waals surface area contributed by atoms with Crippen LogP contribution in [0.5, 0.6) is 5.75 Å². The largest absolute Gasteiger partial charge is 0.472 e. The molecule has 0 bridgehead atoms. The van der Waals surface area contributed by atoms with Gasteiger partial charge in [-0.15, -0.1) is 0 Å². The Morgan fingerprint density at radius 3 is 1.64 bits per heavy atom. The second kappa shape index (κ2) is 10.1. The van der Waals surface area contributed by atoms with Crippen molar-refractivity contribution < 1.29 is 17.9 Å². The van der Waals surface area contributed by atoms with Crippen molar-refractivity contribution in [2.24, 2.45) is 0 Å². The Kier molecular flexibility index (Phi) is 6.72. The van der Waals surface area contributed by atoms with Crippen LogP contribution in [-0.4, -0.2) is 0 Å². The lowest BCUT2D eigenvalue weighted by Crippen LogP contribution is -2.35. The smallest absolute Gasteiger partial charge is 0.416 e. The second-order valence-electron chi connectivity index (χ2n) is 15.7. The van der Waals surface area contributed by atoms with Gasteiger partial charge in [-0.1, -0.05) is 140 Å². The van der Waals surface area contributed by atoms with E-state index in [4.69, 9.17) is 4.74 Å². The first-order chi connectivity index (χ1) is 21.9. The van der Waals surface area contributed by atoms with Crippen LogP contribution in [0.25, 0.3) is 28.0 Å². The zero-order chi connectivity index (χ0) is 33.7. The van der Waals surface area contributed by atoms with Crippen molar-refractivity contribution in [3.8, 4) is 16.9 Å². The molecule has 2 aliphatic rings. The highest BCUT2D eigenvalue weighted by molar-refractivity contribution is 6.08. The van der Waals surface area contributed by atoms with Crippen molar-refractivity contribution in [3.05, 3.63) is 142 Å². The monoisotopic (exact) mass is 630 g/mol. The Hall–Kier alpha value is -4.31. The summed E-state index contributed by atoms with van der Waals surface area (Å²) < 4.78 is 49.1. The minimum absolute atomic E-state index is 0.000758. The topological polar surface area (TPSA) is 9.23 Å². The molecule has 0 atom stereocenters. The third-order valence-corrected chi connectivity index (χ3v) is 10.2. The van der Waals surface area contributed by atoms with Crippen molar-refractivity contribution in [2.45, 2.75) is 83.4 Å². The maximum Gasteiger partial charge on any atom is 0.416 e. The maximum atomic E-state index is 13.9. The third kappa shape index (κ3) is 4.82. The Morgan fingerprint density at radius 1 is 0.617 bits per heavy atom. The van der Waals surface area contributed by atoms with Gasteiger partial charge in [-0.05, 0) is 67.8 Å². The third-order valence-electron chi connectivity index (χ3n) is 10.2. The van der Waals surface area contributed by atoms with Crippen LogP contribution in [0.1, 0.15) is 99.9 Å². The highest BCUT2D eigenvalue weighted by Gasteiger charge is 2.45. The molecule has 1 aliphatic carbocycles. The van der Waals surface area contributed by atoms with E-state index >= 15 is 0 Å². The Balaban J connectivity index is 1.49. The van der Waals surface area contributed by atoms with Crippen LogP contribution in [0, 0.1) is 0 Å². The molecule has 0 saturated carbocycles. The molecule has 0 N–H and O–H groups in total. The number of ether oxygens (including phenoxy) is 1. The molecule has 0 amide bonds. The minimum Gasteiger partial charge on any atom is -0.472 e. The van der Waals surface area contributed by atoms with Gasteiger partial charge in [-0.2, -0.15) is 13.2 Å². The fraction of sp³-hybridized carbons (Fsp3) is 0.302. The minimum atomic E-state index is -4.42. The molecule has 0 radical (unpaired) electrons. The van der Waals surface area contributed by atoms with Crippen molar-refractivity contribution in [3.63, 3.8) is 0 Å². The van der Waals surface area contributed by atoms with Crippen LogP contribution >= 0.6 is 0 Å². The lowest BCUT2D eigenvalue weighted by Gasteiger charge is -2.39. The zero-order valence-electron chi connectivity index (χ0n) is 28.4. The summed E-state index contributed by atoms with van der Waals surface area (Å²) in [6.45, 7) is 17.3. The molecular weight excluding hydrogens is 589 g/mol. The fourth-order valence-corrected chi connectivity index (χ4v) is 7.52. The normalized spacial score (nSPS) is 16.4. The van der Waals surface area contributed by atoms with Crippen molar-refractivity contribution in [1.82, 2.24) is 0 Å². The van der Waals surface area contributed by atoms with E-state index in [1.165, 1.54) is 23.3 Å². The SMILES string of the molecule is CC(C)(C)c1ccc(C2(c3ccc(C(C)(C)C)cc3)C=Cc3c4c(c5ccccc5c3O2)-c2ccc(C(F)(F)F)cc2C4(C)C)cc1. The van der Waals surface area contributed by atoms with E-state index in [-0.39, 0.29) is 10.8 Å². The lowest BCUT2D eigenvalue weighted by atomic mass is 9.76. The molecule has 47 heavy (non-hydrogen) atoms. The Bertz CT molecular complexity index is 2010. The summed E-state index contributed by atoms with van der Waals surface area (Å²) in [5, 5.41) is 1.92. The fourth-order valence-electron chi connectivity index (χ4n) is 7.52. The zero-order valence-corrected chi connectivity index (χ0v) is 28.4. The summed E-state index contributed by atoms with van der Waals surface area (Å²) >= 11 is 0. The van der Waals surface area contributed by atoms with Gasteiger partial charge in [-0.3, -0.25) is 0 Å². The molecule has 0 unspecified atom stereocenters. The molecule has 0 saturated heterocycles. The van der Waals surface area contributed by atoms with E-state index < -0.39 is 22.8 Å². The molecule has 7 rings (SSSR count). The number of alkyl halides is 3. The van der Waals surface area contributed by atoms with Gasteiger partial charge in [0.25, 0.3) is 0 Å². The molecule has 1 aliphatic heterocycles. The summed E-state index contributed by atoms with van der Waals surface area (Å²) in [6, 6.07) is 29.7. The van der Waals surface area contributed by atoms with Gasteiger partial charge in [0.05, 0.1) is 5.56 Å². The highest BCUT2D eigenvalue weighted by atomic mass is 19.4. The maximum absolute atomic E-state index is 13.9. The van der Waals surface area contributed by atoms with E-state index in [9.17, 15) is 13.2 Å². The quantitative estimate of drug-likeness (QED) is 0.189. The summed E-state index contributed by atoms with van der Waals surface area (Å²) in [4.78, 5) is 0. The van der Waals surface area contributed by atoms with Crippen LogP contribution in [0.3, 0.4) is 0 Å². The predicted octanol–water partition coefficient (Wildman–Crippen LogP) is 12.1. The first-order valence-corrected chi connectivity index (χ1v) is 16.3. The molecule has 1 heterocycles. The van der Waals surface area contributed by atoms with E-state index in [1.807, 2.05) is 26.0 Å². The predicted molar refractivity (Wildman–Crippen MR) is 187 cm³/mol. The molecule has 5 aromatic carbocycles. The average molecular weight is 631 g/mol. The summed E-state index contributed by atoms with van der Waals surface area (Å²) in [5.74, 6) is 0.749. The van der Waals surface area contributed by atoms with Gasteiger partial charge in [0.1, 0.15) is 5.75 Å². The number of halogens is 3. The van der Waals surface area contributed by atoms with E-state index in [1.54, 1.807) is 6.07 Å². The van der Waals surface area contributed by atoms with Gasteiger partial charge >= 0.3 is 6.18 Å². The van der Waals surface area contributed by atoms with Crippen LogP contribution in [0.2, 0.25) is 0 Å². The molecule has 4 heteroatoms. The molecule has 5 aromatic rings. The number of hydrogen-bond acceptors (Lipinski definition) is 1. The standard InChI is InChI=1S/C43H41F3O/c1-39(2,3)26-13-17-28(18-14-26)42(29-19-15-27(16-20-29)40(4,5)6)24-23-34-37-36(31-11-9-10-12-32(31)38(34)47-42)33-22-21-30(43(44,45)46)25-35(33)41(37,7)8/h9-25H,1-8H3. The molecule has 240 valence electrons. The molecule has 0 aromatic heterocycles. The van der Waals surface area contributed by atoms with Crippen molar-refractivity contribution >= 4 is 16.8 Å². The van der Waals surface area contributed by atoms with Crippen molar-refractivity contribution in [1.29, 1.82) is 0 Å². The van der Waals surface area contributed by atoms with Gasteiger partial charge in [0.15, 0.2) is 5.60 Å². The van der Waals surface area contributed by atoms with Gasteiger partial charge in [0, 0.05) is 27.5 Å². The Morgan fingerprint density at radius 2 is 1.13 bits per heavy atom. The van der Waals surface area contributed by atoms with Gasteiger partial charge in [-0.25, -0.2) is 0 Å². The number of fused-ring (bicyclic) bond motifs is 8. The van der Waals surface area contributed by atoms with E-state index in [2.05, 4.69) is 114 Å². The number of rotatable bonds is 2. The van der Waals surface area contributed by atoms with Gasteiger partial charge < -0.3 is 4.74 Å². The first kappa shape index (κ1) is 31.3.